The number of aliphatic hydroxyl groups is 2. The Morgan fingerprint density at radius 1 is 1.11 bits per heavy atom. The van der Waals surface area contributed by atoms with E-state index in [1.165, 1.54) is 38.5 Å². The fourth-order valence-electron chi connectivity index (χ4n) is 6.74. The lowest BCUT2D eigenvalue weighted by atomic mass is 9.88. The van der Waals surface area contributed by atoms with Crippen LogP contribution in [0.15, 0.2) is 60.3 Å². The van der Waals surface area contributed by atoms with Crippen molar-refractivity contribution in [3.63, 3.8) is 0 Å². The Hall–Kier alpha value is -3.01. The van der Waals surface area contributed by atoms with E-state index >= 15 is 0 Å². The predicted octanol–water partition coefficient (Wildman–Crippen LogP) is 5.93. The van der Waals surface area contributed by atoms with Crippen LogP contribution in [-0.2, 0) is 14.3 Å². The van der Waals surface area contributed by atoms with Crippen LogP contribution in [-0.4, -0.2) is 93.2 Å². The molecule has 0 spiro atoms. The highest BCUT2D eigenvalue weighted by molar-refractivity contribution is 5.70. The molecular formula is C37H55N3O6. The van der Waals surface area contributed by atoms with Crippen molar-refractivity contribution in [1.29, 1.82) is 0 Å². The number of nitrogens with zero attached hydrogens (tertiary/aromatic N) is 3. The number of pyridine rings is 1. The predicted molar refractivity (Wildman–Crippen MR) is 179 cm³/mol. The highest BCUT2D eigenvalue weighted by atomic mass is 16.6. The Labute approximate surface area is 275 Å². The highest BCUT2D eigenvalue weighted by Crippen LogP contribution is 2.28. The Bertz CT molecular complexity index is 1200. The van der Waals surface area contributed by atoms with Gasteiger partial charge in [-0.05, 0) is 63.3 Å². The number of hydrogen-bond acceptors (Lipinski definition) is 8. The molecule has 254 valence electrons. The fraction of sp³-hybridized carbons (Fsp3) is 0.649. The lowest BCUT2D eigenvalue weighted by molar-refractivity contribution is -0.151. The zero-order valence-electron chi connectivity index (χ0n) is 28.2. The van der Waals surface area contributed by atoms with Gasteiger partial charge in [-0.2, -0.15) is 0 Å². The van der Waals surface area contributed by atoms with E-state index in [1.807, 2.05) is 56.4 Å². The summed E-state index contributed by atoms with van der Waals surface area (Å²) in [5.74, 6) is -0.685. The van der Waals surface area contributed by atoms with Crippen LogP contribution < -0.4 is 0 Å². The lowest BCUT2D eigenvalue weighted by Crippen LogP contribution is -2.53. The van der Waals surface area contributed by atoms with Gasteiger partial charge in [-0.25, -0.2) is 4.79 Å². The van der Waals surface area contributed by atoms with Crippen LogP contribution >= 0.6 is 0 Å². The van der Waals surface area contributed by atoms with Crippen LogP contribution in [0.25, 0.3) is 0 Å². The van der Waals surface area contributed by atoms with Crippen molar-refractivity contribution in [2.45, 2.75) is 121 Å². The Kier molecular flexibility index (Phi) is 13.4. The van der Waals surface area contributed by atoms with Crippen molar-refractivity contribution in [2.75, 3.05) is 26.2 Å². The van der Waals surface area contributed by atoms with Crippen LogP contribution in [0.1, 0.15) is 97.1 Å². The second kappa shape index (κ2) is 17.2. The largest absolute Gasteiger partial charge is 0.457 e. The summed E-state index contributed by atoms with van der Waals surface area (Å²) in [5.41, 5.74) is 0.345. The molecule has 2 fully saturated rings. The van der Waals surface area contributed by atoms with Crippen LogP contribution in [0.3, 0.4) is 0 Å². The third-order valence-corrected chi connectivity index (χ3v) is 9.83. The summed E-state index contributed by atoms with van der Waals surface area (Å²) in [5, 5.41) is 22.1. The van der Waals surface area contributed by atoms with E-state index in [1.54, 1.807) is 24.1 Å². The van der Waals surface area contributed by atoms with Crippen molar-refractivity contribution in [2.24, 2.45) is 5.92 Å². The van der Waals surface area contributed by atoms with Crippen molar-refractivity contribution in [3.05, 3.63) is 66.0 Å². The van der Waals surface area contributed by atoms with Crippen LogP contribution in [0, 0.1) is 5.92 Å². The van der Waals surface area contributed by atoms with E-state index in [2.05, 4.69) is 16.8 Å². The van der Waals surface area contributed by atoms with Crippen molar-refractivity contribution in [1.82, 2.24) is 14.8 Å². The minimum atomic E-state index is -1.44. The highest BCUT2D eigenvalue weighted by Gasteiger charge is 2.37. The molecule has 6 atom stereocenters. The molecule has 1 amide bonds. The van der Waals surface area contributed by atoms with Gasteiger partial charge in [0.2, 0.25) is 0 Å². The normalized spacial score (nSPS) is 31.3. The molecule has 9 nitrogen and oxygen atoms in total. The number of cyclic esters (lactones) is 1. The van der Waals surface area contributed by atoms with Gasteiger partial charge in [-0.3, -0.25) is 14.7 Å². The summed E-state index contributed by atoms with van der Waals surface area (Å²) in [6.45, 7) is 10.4. The summed E-state index contributed by atoms with van der Waals surface area (Å²) < 4.78 is 11.9. The third kappa shape index (κ3) is 10.5. The molecule has 1 aromatic rings. The van der Waals surface area contributed by atoms with E-state index < -0.39 is 36.0 Å². The smallest absolute Gasteiger partial charge is 0.410 e. The quantitative estimate of drug-likeness (QED) is 0.171. The molecule has 1 saturated heterocycles. The number of aromatic nitrogens is 1. The topological polar surface area (TPSA) is 112 Å². The van der Waals surface area contributed by atoms with Crippen molar-refractivity contribution >= 4 is 12.1 Å². The standard InChI is InChI=1S/C37H55N3O6/c1-27(32-16-9-10-21-38-32)12-11-13-28(2)35-29(3)17-18-33(37(4,44)20-19-31(41)26-34(42)46-35)45-36(43)40-24-22-39(23-25-40)30-14-7-5-6-8-15-30/h9-13,16-18,21,27,29-31,33,35,41,44H,5-8,14-15,19-20,22-26H2,1-4H3/b12-11+,18-17-,28-13+/t27-,29-,31-,33-,35+,37-/m0/s1. The molecule has 0 radical (unpaired) electrons. The van der Waals surface area contributed by atoms with Gasteiger partial charge in [-0.15, -0.1) is 0 Å². The number of esters is 1. The van der Waals surface area contributed by atoms with E-state index in [0.717, 1.165) is 24.4 Å². The molecule has 9 heteroatoms. The number of carbonyl (C=O) groups excluding carboxylic acids is 2. The first-order valence-electron chi connectivity index (χ1n) is 17.3. The zero-order valence-corrected chi connectivity index (χ0v) is 28.2. The summed E-state index contributed by atoms with van der Waals surface area (Å²) in [6, 6.07) is 6.43. The van der Waals surface area contributed by atoms with E-state index in [-0.39, 0.29) is 31.1 Å². The van der Waals surface area contributed by atoms with Gasteiger partial charge in [0, 0.05) is 55.9 Å². The van der Waals surface area contributed by atoms with Gasteiger partial charge in [0.05, 0.1) is 12.5 Å². The van der Waals surface area contributed by atoms with Gasteiger partial charge >= 0.3 is 12.1 Å². The number of ether oxygens (including phenoxy) is 2. The summed E-state index contributed by atoms with van der Waals surface area (Å²) >= 11 is 0. The minimum absolute atomic E-state index is 0.106. The number of aliphatic hydroxyl groups excluding tert-OH is 1. The number of amides is 1. The minimum Gasteiger partial charge on any atom is -0.457 e. The van der Waals surface area contributed by atoms with Gasteiger partial charge in [0.15, 0.2) is 6.10 Å². The van der Waals surface area contributed by atoms with Crippen LogP contribution in [0.2, 0.25) is 0 Å². The first kappa shape index (κ1) is 35.8. The Morgan fingerprint density at radius 2 is 1.83 bits per heavy atom. The van der Waals surface area contributed by atoms with Gasteiger partial charge in [-0.1, -0.05) is 69.9 Å². The Balaban J connectivity index is 1.45. The molecule has 0 unspecified atom stereocenters. The monoisotopic (exact) mass is 637 g/mol. The average molecular weight is 638 g/mol. The van der Waals surface area contributed by atoms with Crippen molar-refractivity contribution in [3.8, 4) is 0 Å². The second-order valence-electron chi connectivity index (χ2n) is 13.7. The molecule has 0 bridgehead atoms. The van der Waals surface area contributed by atoms with E-state index in [9.17, 15) is 19.8 Å². The second-order valence-corrected chi connectivity index (χ2v) is 13.7. The van der Waals surface area contributed by atoms with E-state index in [4.69, 9.17) is 9.47 Å². The fourth-order valence-corrected chi connectivity index (χ4v) is 6.74. The first-order chi connectivity index (χ1) is 22.0. The molecule has 0 aromatic carbocycles. The van der Waals surface area contributed by atoms with Gasteiger partial charge in [0.25, 0.3) is 0 Å². The number of rotatable bonds is 6. The molecule has 46 heavy (non-hydrogen) atoms. The molecular weight excluding hydrogens is 582 g/mol. The molecule has 1 saturated carbocycles. The van der Waals surface area contributed by atoms with E-state index in [0.29, 0.717) is 19.1 Å². The average Bonchev–Trinajstić information content (AvgIpc) is 3.34. The maximum atomic E-state index is 13.4. The number of allylic oxidation sites excluding steroid dienone is 3. The maximum Gasteiger partial charge on any atom is 0.410 e. The first-order valence-corrected chi connectivity index (χ1v) is 17.3. The van der Waals surface area contributed by atoms with Gasteiger partial charge < -0.3 is 24.6 Å². The van der Waals surface area contributed by atoms with Crippen molar-refractivity contribution < 1.29 is 29.3 Å². The number of hydrogen-bond donors (Lipinski definition) is 2. The zero-order chi connectivity index (χ0) is 33.1. The molecule has 2 aliphatic heterocycles. The molecule has 3 heterocycles. The lowest BCUT2D eigenvalue weighted by Gasteiger charge is -2.40. The number of piperazine rings is 1. The van der Waals surface area contributed by atoms with Crippen LogP contribution in [0.5, 0.6) is 0 Å². The molecule has 3 aliphatic rings. The maximum absolute atomic E-state index is 13.4. The number of carbonyl (C=O) groups is 2. The molecule has 1 aliphatic carbocycles. The molecule has 1 aromatic heterocycles. The van der Waals surface area contributed by atoms with Gasteiger partial charge in [0.1, 0.15) is 11.7 Å². The SMILES string of the molecule is C/C(=C\C=C\[C@H](C)c1ccccn1)[C@H]1OC(=O)C[C@@H](O)CC[C@](C)(O)[C@@H](OC(=O)N2CCN(C3CCCCCC3)CC2)/C=C\[C@@H]1C. The Morgan fingerprint density at radius 3 is 2.50 bits per heavy atom. The summed E-state index contributed by atoms with van der Waals surface area (Å²) in [6.07, 6.45) is 16.0. The third-order valence-electron chi connectivity index (χ3n) is 9.83. The summed E-state index contributed by atoms with van der Waals surface area (Å²) in [7, 11) is 0. The molecule has 2 N–H and O–H groups in total. The molecule has 4 rings (SSSR count). The van der Waals surface area contributed by atoms with Crippen LogP contribution in [0.4, 0.5) is 4.79 Å². The summed E-state index contributed by atoms with van der Waals surface area (Å²) in [4.78, 5) is 34.9.